The minimum absolute atomic E-state index is 0.0397. The number of furan rings is 1. The maximum atomic E-state index is 6.45. The van der Waals surface area contributed by atoms with E-state index >= 15 is 0 Å². The van der Waals surface area contributed by atoms with Gasteiger partial charge in [0.25, 0.3) is 0 Å². The lowest BCUT2D eigenvalue weighted by atomic mass is 10.0. The first-order chi connectivity index (χ1) is 14.2. The van der Waals surface area contributed by atoms with Gasteiger partial charge < -0.3 is 9.32 Å². The Morgan fingerprint density at radius 1 is 1.21 bits per heavy atom. The van der Waals surface area contributed by atoms with Crippen LogP contribution >= 0.6 is 27.7 Å². The molecule has 0 amide bonds. The van der Waals surface area contributed by atoms with Gasteiger partial charge in [-0.1, -0.05) is 46.7 Å². The molecule has 1 fully saturated rings. The number of fused-ring (bicyclic) bond motifs is 1. The second-order valence-electron chi connectivity index (χ2n) is 7.52. The maximum absolute atomic E-state index is 6.45. The van der Waals surface area contributed by atoms with E-state index < -0.39 is 0 Å². The van der Waals surface area contributed by atoms with E-state index in [1.807, 2.05) is 30.1 Å². The number of pyridine rings is 1. The second-order valence-corrected chi connectivity index (χ2v) is 9.36. The van der Waals surface area contributed by atoms with E-state index in [1.165, 1.54) is 5.56 Å². The molecular weight excluding hydrogens is 446 g/mol. The third-order valence-corrected chi connectivity index (χ3v) is 7.42. The van der Waals surface area contributed by atoms with Crippen molar-refractivity contribution in [2.75, 3.05) is 5.75 Å². The lowest BCUT2D eigenvalue weighted by Crippen LogP contribution is -2.35. The molecule has 6 heteroatoms. The molecule has 1 aromatic carbocycles. The molecule has 1 saturated heterocycles. The Morgan fingerprint density at radius 2 is 2.10 bits per heavy atom. The number of hydrogen-bond donors (Lipinski definition) is 0. The molecule has 2 aromatic heterocycles. The van der Waals surface area contributed by atoms with Crippen LogP contribution in [-0.4, -0.2) is 26.8 Å². The monoisotopic (exact) mass is 467 g/mol. The fourth-order valence-corrected chi connectivity index (χ4v) is 6.16. The zero-order valence-corrected chi connectivity index (χ0v) is 18.8. The molecule has 2 aliphatic rings. The predicted molar refractivity (Wildman–Crippen MR) is 122 cm³/mol. The number of aliphatic imine (C=N–C) groups is 1. The van der Waals surface area contributed by atoms with Gasteiger partial charge in [0.05, 0.1) is 5.69 Å². The van der Waals surface area contributed by atoms with Gasteiger partial charge in [0.1, 0.15) is 23.6 Å². The summed E-state index contributed by atoms with van der Waals surface area (Å²) in [6, 6.07) is 17.0. The first-order valence-electron chi connectivity index (χ1n) is 9.92. The highest BCUT2D eigenvalue weighted by Gasteiger charge is 2.46. The van der Waals surface area contributed by atoms with E-state index in [1.54, 1.807) is 0 Å². The molecule has 29 heavy (non-hydrogen) atoms. The molecule has 4 nitrogen and oxygen atoms in total. The van der Waals surface area contributed by atoms with Crippen LogP contribution in [0.15, 0.2) is 68.6 Å². The SMILES string of the molecule is CCC1CSC2=NC(c3ccccn3)C(c3ccc(-c4ccc(C)cc4Br)o3)N21. The highest BCUT2D eigenvalue weighted by Crippen LogP contribution is 2.49. The van der Waals surface area contributed by atoms with Crippen LogP contribution in [0.2, 0.25) is 0 Å². The Balaban J connectivity index is 1.56. The van der Waals surface area contributed by atoms with Gasteiger partial charge >= 0.3 is 0 Å². The lowest BCUT2D eigenvalue weighted by Gasteiger charge is -2.30. The Hall–Kier alpha value is -2.05. The Kier molecular flexibility index (Phi) is 5.00. The van der Waals surface area contributed by atoms with Crippen LogP contribution < -0.4 is 0 Å². The molecule has 3 atom stereocenters. The van der Waals surface area contributed by atoms with Crippen LogP contribution in [0.25, 0.3) is 11.3 Å². The molecule has 0 saturated carbocycles. The van der Waals surface area contributed by atoms with Crippen molar-refractivity contribution in [2.24, 2.45) is 4.99 Å². The predicted octanol–water partition coefficient (Wildman–Crippen LogP) is 6.39. The van der Waals surface area contributed by atoms with E-state index in [2.05, 4.69) is 76.1 Å². The number of aryl methyl sites for hydroxylation is 1. The first kappa shape index (κ1) is 18.9. The first-order valence-corrected chi connectivity index (χ1v) is 11.7. The van der Waals surface area contributed by atoms with E-state index in [0.29, 0.717) is 6.04 Å². The number of halogens is 1. The minimum atomic E-state index is -0.0477. The van der Waals surface area contributed by atoms with Gasteiger partial charge in [0.2, 0.25) is 0 Å². The molecule has 148 valence electrons. The van der Waals surface area contributed by atoms with Crippen molar-refractivity contribution in [3.8, 4) is 11.3 Å². The minimum Gasteiger partial charge on any atom is -0.459 e. The van der Waals surface area contributed by atoms with Crippen molar-refractivity contribution < 1.29 is 4.42 Å². The van der Waals surface area contributed by atoms with Crippen LogP contribution in [0.5, 0.6) is 0 Å². The number of hydrogen-bond acceptors (Lipinski definition) is 5. The van der Waals surface area contributed by atoms with Gasteiger partial charge in [-0.05, 0) is 55.3 Å². The zero-order valence-electron chi connectivity index (χ0n) is 16.4. The third kappa shape index (κ3) is 3.32. The average Bonchev–Trinajstić information content (AvgIpc) is 3.43. The summed E-state index contributed by atoms with van der Waals surface area (Å²) >= 11 is 5.53. The topological polar surface area (TPSA) is 41.6 Å². The number of thioether (sulfide) groups is 1. The fraction of sp³-hybridized carbons (Fsp3) is 0.304. The molecule has 4 heterocycles. The van der Waals surface area contributed by atoms with Crippen LogP contribution in [0.3, 0.4) is 0 Å². The highest BCUT2D eigenvalue weighted by molar-refractivity contribution is 9.10. The Morgan fingerprint density at radius 3 is 2.86 bits per heavy atom. The molecular formula is C23H22BrN3OS. The van der Waals surface area contributed by atoms with Crippen LogP contribution in [-0.2, 0) is 0 Å². The second kappa shape index (κ2) is 7.65. The Labute approximate surface area is 183 Å². The normalized spacial score (nSPS) is 23.3. The molecule has 3 unspecified atom stereocenters. The van der Waals surface area contributed by atoms with Gasteiger partial charge in [0.15, 0.2) is 5.17 Å². The fourth-order valence-electron chi connectivity index (χ4n) is 4.14. The quantitative estimate of drug-likeness (QED) is 0.445. The number of amidine groups is 1. The smallest absolute Gasteiger partial charge is 0.161 e. The molecule has 0 N–H and O–H groups in total. The lowest BCUT2D eigenvalue weighted by molar-refractivity contribution is 0.226. The summed E-state index contributed by atoms with van der Waals surface area (Å²) in [5.41, 5.74) is 3.28. The van der Waals surface area contributed by atoms with E-state index in [4.69, 9.17) is 9.41 Å². The van der Waals surface area contributed by atoms with Gasteiger partial charge in [-0.2, -0.15) is 0 Å². The number of benzene rings is 1. The van der Waals surface area contributed by atoms with Gasteiger partial charge in [-0.25, -0.2) is 4.99 Å². The summed E-state index contributed by atoms with van der Waals surface area (Å²) in [5.74, 6) is 2.90. The van der Waals surface area contributed by atoms with Crippen molar-refractivity contribution >= 4 is 32.9 Å². The van der Waals surface area contributed by atoms with Crippen molar-refractivity contribution in [3.05, 3.63) is 76.2 Å². The zero-order chi connectivity index (χ0) is 20.0. The largest absolute Gasteiger partial charge is 0.459 e. The summed E-state index contributed by atoms with van der Waals surface area (Å²) in [6.07, 6.45) is 2.94. The standard InChI is InChI=1S/C23H22BrN3OS/c1-3-15-13-29-23-26-21(18-6-4-5-11-25-18)22(27(15)23)20-10-9-19(28-20)16-8-7-14(2)12-17(16)24/h4-12,15,21-22H,3,13H2,1-2H3. The number of aromatic nitrogens is 1. The number of rotatable bonds is 4. The summed E-state index contributed by atoms with van der Waals surface area (Å²) < 4.78 is 7.49. The summed E-state index contributed by atoms with van der Waals surface area (Å²) in [5, 5.41) is 1.12. The van der Waals surface area contributed by atoms with Gasteiger partial charge in [-0.3, -0.25) is 4.98 Å². The summed E-state index contributed by atoms with van der Waals surface area (Å²) in [6.45, 7) is 4.34. The maximum Gasteiger partial charge on any atom is 0.161 e. The highest BCUT2D eigenvalue weighted by atomic mass is 79.9. The molecule has 0 spiro atoms. The number of nitrogens with zero attached hydrogens (tertiary/aromatic N) is 3. The summed E-state index contributed by atoms with van der Waals surface area (Å²) in [4.78, 5) is 12.1. The molecule has 0 bridgehead atoms. The van der Waals surface area contributed by atoms with Crippen molar-refractivity contribution in [3.63, 3.8) is 0 Å². The molecule has 2 aliphatic heterocycles. The molecule has 0 aliphatic carbocycles. The Bertz CT molecular complexity index is 1060. The average molecular weight is 468 g/mol. The van der Waals surface area contributed by atoms with E-state index in [-0.39, 0.29) is 12.1 Å². The third-order valence-electron chi connectivity index (χ3n) is 5.64. The van der Waals surface area contributed by atoms with Gasteiger partial charge in [-0.15, -0.1) is 0 Å². The molecule has 3 aromatic rings. The van der Waals surface area contributed by atoms with Gasteiger partial charge in [0, 0.05) is 28.0 Å². The van der Waals surface area contributed by atoms with Crippen LogP contribution in [0, 0.1) is 6.92 Å². The summed E-state index contributed by atoms with van der Waals surface area (Å²) in [7, 11) is 0. The van der Waals surface area contributed by atoms with Crippen molar-refractivity contribution in [1.82, 2.24) is 9.88 Å². The van der Waals surface area contributed by atoms with E-state index in [9.17, 15) is 0 Å². The van der Waals surface area contributed by atoms with E-state index in [0.717, 1.165) is 44.6 Å². The van der Waals surface area contributed by atoms with Crippen molar-refractivity contribution in [1.29, 1.82) is 0 Å². The molecule has 0 radical (unpaired) electrons. The van der Waals surface area contributed by atoms with Crippen molar-refractivity contribution in [2.45, 2.75) is 38.4 Å². The molecule has 5 rings (SSSR count). The van der Waals surface area contributed by atoms with Crippen LogP contribution in [0.1, 0.15) is 42.4 Å². The van der Waals surface area contributed by atoms with Crippen LogP contribution in [0.4, 0.5) is 0 Å².